The van der Waals surface area contributed by atoms with Crippen LogP contribution in [-0.4, -0.2) is 80.5 Å². The van der Waals surface area contributed by atoms with Crippen molar-refractivity contribution in [2.45, 2.75) is 63.8 Å². The van der Waals surface area contributed by atoms with Crippen molar-refractivity contribution in [3.8, 4) is 34.8 Å². The molecule has 4 aliphatic rings. The van der Waals surface area contributed by atoms with Crippen LogP contribution in [0, 0.1) is 25.2 Å². The third kappa shape index (κ3) is 3.96. The Hall–Kier alpha value is -3.56. The van der Waals surface area contributed by atoms with Gasteiger partial charge in [0, 0.05) is 48.4 Å². The Morgan fingerprint density at radius 2 is 1.88 bits per heavy atom. The number of hydrogen-bond acceptors (Lipinski definition) is 11. The van der Waals surface area contributed by atoms with E-state index in [1.165, 1.54) is 6.92 Å². The highest BCUT2D eigenvalue weighted by atomic mass is 16.7. The predicted octanol–water partition coefficient (Wildman–Crippen LogP) is 2.71. The molecular weight excluding hydrogens is 530 g/mol. The van der Waals surface area contributed by atoms with E-state index in [0.29, 0.717) is 52.7 Å². The molecule has 11 heteroatoms. The zero-order chi connectivity index (χ0) is 29.2. The molecule has 5 atom stereocenters. The number of piperazine rings is 1. The highest BCUT2D eigenvalue weighted by molar-refractivity contribution is 5.74. The highest BCUT2D eigenvalue weighted by Crippen LogP contribution is 2.58. The van der Waals surface area contributed by atoms with E-state index in [1.54, 1.807) is 14.2 Å². The number of carbonyl (C=O) groups is 1. The van der Waals surface area contributed by atoms with Gasteiger partial charge >= 0.3 is 5.97 Å². The molecule has 4 unspecified atom stereocenters. The minimum atomic E-state index is -0.588. The van der Waals surface area contributed by atoms with Crippen LogP contribution in [0.3, 0.4) is 0 Å². The Labute approximate surface area is 239 Å². The number of aliphatic hydroxyl groups excluding tert-OH is 1. The van der Waals surface area contributed by atoms with Crippen molar-refractivity contribution in [1.82, 2.24) is 9.80 Å². The van der Waals surface area contributed by atoms with Crippen LogP contribution in [0.25, 0.3) is 0 Å². The number of benzene rings is 2. The van der Waals surface area contributed by atoms with Crippen molar-refractivity contribution in [2.24, 2.45) is 0 Å². The first-order valence-corrected chi connectivity index (χ1v) is 13.7. The van der Waals surface area contributed by atoms with Crippen LogP contribution >= 0.6 is 0 Å². The van der Waals surface area contributed by atoms with Crippen LogP contribution in [0.1, 0.15) is 52.4 Å². The zero-order valence-corrected chi connectivity index (χ0v) is 24.1. The van der Waals surface area contributed by atoms with Crippen molar-refractivity contribution in [3.05, 3.63) is 39.4 Å². The lowest BCUT2D eigenvalue weighted by Gasteiger charge is -2.59. The second-order valence-corrected chi connectivity index (χ2v) is 11.1. The Kier molecular flexibility index (Phi) is 6.98. The van der Waals surface area contributed by atoms with Crippen molar-refractivity contribution < 1.29 is 38.3 Å². The van der Waals surface area contributed by atoms with Crippen LogP contribution in [0.2, 0.25) is 0 Å². The maximum atomic E-state index is 12.3. The molecule has 0 amide bonds. The van der Waals surface area contributed by atoms with Crippen molar-refractivity contribution >= 4 is 5.97 Å². The van der Waals surface area contributed by atoms with Gasteiger partial charge < -0.3 is 33.5 Å². The first-order chi connectivity index (χ1) is 19.8. The highest BCUT2D eigenvalue weighted by Gasteiger charge is 2.56. The molecule has 1 saturated heterocycles. The summed E-state index contributed by atoms with van der Waals surface area (Å²) in [6, 6.07) is 2.92. The second-order valence-electron chi connectivity index (χ2n) is 11.1. The number of carbonyl (C=O) groups excluding carboxylic acids is 1. The van der Waals surface area contributed by atoms with Gasteiger partial charge in [-0.3, -0.25) is 14.6 Å². The molecule has 0 radical (unpaired) electrons. The van der Waals surface area contributed by atoms with Gasteiger partial charge in [-0.1, -0.05) is 6.07 Å². The Bertz CT molecular complexity index is 1450. The molecule has 11 nitrogen and oxygen atoms in total. The molecule has 1 N–H and O–H groups in total. The van der Waals surface area contributed by atoms with Gasteiger partial charge in [-0.15, -0.1) is 0 Å². The molecule has 0 spiro atoms. The summed E-state index contributed by atoms with van der Waals surface area (Å²) in [5.74, 6) is 2.25. The molecule has 2 aromatic carbocycles. The molecule has 0 aromatic heterocycles. The molecule has 4 heterocycles. The summed E-state index contributed by atoms with van der Waals surface area (Å²) in [4.78, 5) is 16.6. The number of nitriles is 1. The van der Waals surface area contributed by atoms with E-state index < -0.39 is 18.1 Å². The molecule has 41 heavy (non-hydrogen) atoms. The summed E-state index contributed by atoms with van der Waals surface area (Å²) >= 11 is 0. The molecule has 6 rings (SSSR count). The molecule has 0 aliphatic carbocycles. The number of methoxy groups -OCH3 is 2. The number of rotatable bonds is 6. The summed E-state index contributed by atoms with van der Waals surface area (Å²) in [6.45, 7) is 4.99. The maximum absolute atomic E-state index is 12.3. The quantitative estimate of drug-likeness (QED) is 0.316. The van der Waals surface area contributed by atoms with Gasteiger partial charge in [0.2, 0.25) is 6.79 Å². The summed E-state index contributed by atoms with van der Waals surface area (Å²) in [5, 5.41) is 21.5. The number of aliphatic hydroxyl groups is 1. The maximum Gasteiger partial charge on any atom is 0.308 e. The van der Waals surface area contributed by atoms with Gasteiger partial charge in [0.05, 0.1) is 31.9 Å². The molecule has 218 valence electrons. The van der Waals surface area contributed by atoms with Crippen molar-refractivity contribution in [3.63, 3.8) is 0 Å². The predicted molar refractivity (Wildman–Crippen MR) is 145 cm³/mol. The van der Waals surface area contributed by atoms with Crippen molar-refractivity contribution in [2.75, 3.05) is 41.5 Å². The lowest BCUT2D eigenvalue weighted by Crippen LogP contribution is -2.68. The van der Waals surface area contributed by atoms with Crippen LogP contribution in [0.5, 0.6) is 28.7 Å². The van der Waals surface area contributed by atoms with E-state index in [9.17, 15) is 15.2 Å². The van der Waals surface area contributed by atoms with Gasteiger partial charge in [-0.2, -0.15) is 5.26 Å². The average molecular weight is 566 g/mol. The number of fused-ring (bicyclic) bond motifs is 9. The van der Waals surface area contributed by atoms with Gasteiger partial charge in [0.1, 0.15) is 11.8 Å². The summed E-state index contributed by atoms with van der Waals surface area (Å²) in [6.07, 6.45) is 1.05. The van der Waals surface area contributed by atoms with E-state index in [0.717, 1.165) is 22.3 Å². The molecule has 2 bridgehead atoms. The van der Waals surface area contributed by atoms with Gasteiger partial charge in [-0.25, -0.2) is 0 Å². The summed E-state index contributed by atoms with van der Waals surface area (Å²) in [5.41, 5.74) is 5.15. The molecule has 1 fully saturated rings. The smallest absolute Gasteiger partial charge is 0.308 e. The minimum absolute atomic E-state index is 0.0239. The van der Waals surface area contributed by atoms with Crippen LogP contribution in [0.15, 0.2) is 6.07 Å². The van der Waals surface area contributed by atoms with Crippen LogP contribution in [0.4, 0.5) is 0 Å². The SMILES string of the molecule is COCOc1c(OC)c(C)cc2c1[C@@H]1C3Cc4c(OC(C)=O)c(C)c5c(c4C(CO)N3C(C#N)C(C2)N1C)OCO5. The van der Waals surface area contributed by atoms with E-state index in [4.69, 9.17) is 28.4 Å². The van der Waals surface area contributed by atoms with Crippen LogP contribution < -0.4 is 23.7 Å². The van der Waals surface area contributed by atoms with E-state index >= 15 is 0 Å². The summed E-state index contributed by atoms with van der Waals surface area (Å²) < 4.78 is 34.9. The Balaban J connectivity index is 1.61. The molecule has 2 aromatic rings. The zero-order valence-electron chi connectivity index (χ0n) is 24.1. The van der Waals surface area contributed by atoms with Crippen molar-refractivity contribution in [1.29, 1.82) is 5.26 Å². The number of likely N-dealkylation sites (N-methyl/N-ethyl adjacent to an activating group) is 1. The lowest BCUT2D eigenvalue weighted by atomic mass is 9.71. The number of hydrogen-bond donors (Lipinski definition) is 1. The van der Waals surface area contributed by atoms with Gasteiger partial charge in [0.15, 0.2) is 29.8 Å². The van der Waals surface area contributed by atoms with E-state index in [-0.39, 0.29) is 38.3 Å². The number of aryl methyl sites for hydroxylation is 1. The second kappa shape index (κ2) is 10.4. The topological polar surface area (TPSA) is 123 Å². The number of nitrogens with zero attached hydrogens (tertiary/aromatic N) is 3. The Morgan fingerprint density at radius 3 is 2.54 bits per heavy atom. The first kappa shape index (κ1) is 27.6. The fourth-order valence-corrected chi connectivity index (χ4v) is 7.53. The lowest BCUT2D eigenvalue weighted by molar-refractivity contribution is -0.132. The third-order valence-corrected chi connectivity index (χ3v) is 8.99. The largest absolute Gasteiger partial charge is 0.493 e. The normalized spacial score (nSPS) is 26.0. The molecule has 4 aliphatic heterocycles. The summed E-state index contributed by atoms with van der Waals surface area (Å²) in [7, 11) is 5.23. The number of esters is 1. The fraction of sp³-hybridized carbons (Fsp3) is 0.533. The standard InChI is InChI=1S/C30H35N3O8/c1-14-7-17-8-19-21(10-31)33-20(25(32(19)4)23(17)29(26(14)37-6)38-12-36-5)9-18-24(22(33)11-34)30-28(39-13-40-30)15(2)27(18)41-16(3)35/h7,19-22,25,34H,8-9,11-13H2,1-6H3/t19?,20?,21?,22?,25-/m0/s1. The first-order valence-electron chi connectivity index (χ1n) is 13.7. The monoisotopic (exact) mass is 565 g/mol. The van der Waals surface area contributed by atoms with E-state index in [2.05, 4.69) is 21.9 Å². The van der Waals surface area contributed by atoms with E-state index in [1.807, 2.05) is 20.9 Å². The van der Waals surface area contributed by atoms with Gasteiger partial charge in [-0.05, 0) is 44.9 Å². The molecular formula is C30H35N3O8. The fourth-order valence-electron chi connectivity index (χ4n) is 7.53. The van der Waals surface area contributed by atoms with Gasteiger partial charge in [0.25, 0.3) is 0 Å². The van der Waals surface area contributed by atoms with Crippen LogP contribution in [-0.2, 0) is 22.4 Å². The Morgan fingerprint density at radius 1 is 1.12 bits per heavy atom. The number of ether oxygens (including phenoxy) is 6. The third-order valence-electron chi connectivity index (χ3n) is 8.99. The molecule has 0 saturated carbocycles. The average Bonchev–Trinajstić information content (AvgIpc) is 3.43. The minimum Gasteiger partial charge on any atom is -0.493 e.